The molecule has 17 heavy (non-hydrogen) atoms. The summed E-state index contributed by atoms with van der Waals surface area (Å²) in [6, 6.07) is 8.53. The van der Waals surface area contributed by atoms with Gasteiger partial charge in [-0.05, 0) is 31.5 Å². The molecule has 1 aromatic rings. The molecule has 0 atom stereocenters. The van der Waals surface area contributed by atoms with Gasteiger partial charge in [-0.1, -0.05) is 12.1 Å². The average Bonchev–Trinajstić information content (AvgIpc) is 2.30. The van der Waals surface area contributed by atoms with Crippen molar-refractivity contribution in [3.63, 3.8) is 0 Å². The van der Waals surface area contributed by atoms with Crippen LogP contribution in [0, 0.1) is 0 Å². The van der Waals surface area contributed by atoms with E-state index in [1.165, 1.54) is 11.3 Å². The summed E-state index contributed by atoms with van der Waals surface area (Å²) in [5.74, 6) is 0. The number of rotatable bonds is 7. The van der Waals surface area contributed by atoms with Gasteiger partial charge in [0.2, 0.25) is 0 Å². The molecule has 0 aromatic heterocycles. The van der Waals surface area contributed by atoms with Crippen molar-refractivity contribution in [2.24, 2.45) is 0 Å². The second kappa shape index (κ2) is 7.65. The standard InChI is InChI=1S/C13H22NO2P/c1-5-15-17(16-6-2)11-12-7-9-13(10-8-12)14(3)4/h7-10H,5-6,11H2,1-4H3. The first-order valence-corrected chi connectivity index (χ1v) is 7.33. The van der Waals surface area contributed by atoms with E-state index in [2.05, 4.69) is 29.2 Å². The fourth-order valence-electron chi connectivity index (χ4n) is 1.47. The lowest BCUT2D eigenvalue weighted by Crippen LogP contribution is -2.08. The molecule has 0 aliphatic rings. The molecule has 0 spiro atoms. The number of benzene rings is 1. The van der Waals surface area contributed by atoms with Crippen LogP contribution in [0.3, 0.4) is 0 Å². The highest BCUT2D eigenvalue weighted by Crippen LogP contribution is 2.41. The Balaban J connectivity index is 2.59. The van der Waals surface area contributed by atoms with Crippen molar-refractivity contribution in [2.45, 2.75) is 20.0 Å². The molecule has 1 rings (SSSR count). The van der Waals surface area contributed by atoms with E-state index in [9.17, 15) is 0 Å². The Morgan fingerprint density at radius 1 is 1.00 bits per heavy atom. The zero-order chi connectivity index (χ0) is 12.7. The number of hydrogen-bond donors (Lipinski definition) is 0. The molecule has 0 aliphatic carbocycles. The van der Waals surface area contributed by atoms with E-state index in [-0.39, 0.29) is 0 Å². The van der Waals surface area contributed by atoms with Crippen molar-refractivity contribution >= 4 is 14.1 Å². The van der Waals surface area contributed by atoms with E-state index < -0.39 is 8.38 Å². The SMILES string of the molecule is CCOP(Cc1ccc(N(C)C)cc1)OCC. The molecule has 4 heteroatoms. The van der Waals surface area contributed by atoms with E-state index in [0.29, 0.717) is 13.2 Å². The molecule has 1 aromatic carbocycles. The summed E-state index contributed by atoms with van der Waals surface area (Å²) >= 11 is 0. The van der Waals surface area contributed by atoms with Crippen molar-refractivity contribution in [1.29, 1.82) is 0 Å². The van der Waals surface area contributed by atoms with Crippen LogP contribution >= 0.6 is 8.38 Å². The van der Waals surface area contributed by atoms with Crippen molar-refractivity contribution in [3.8, 4) is 0 Å². The Morgan fingerprint density at radius 3 is 1.94 bits per heavy atom. The Bertz CT molecular complexity index is 308. The first-order chi connectivity index (χ1) is 8.17. The van der Waals surface area contributed by atoms with Gasteiger partial charge in [-0.25, -0.2) is 0 Å². The van der Waals surface area contributed by atoms with E-state index in [0.717, 1.165) is 6.16 Å². The van der Waals surface area contributed by atoms with Crippen LogP contribution in [-0.2, 0) is 15.2 Å². The van der Waals surface area contributed by atoms with Crippen molar-refractivity contribution in [2.75, 3.05) is 32.2 Å². The van der Waals surface area contributed by atoms with Gasteiger partial charge in [0.1, 0.15) is 0 Å². The zero-order valence-electron chi connectivity index (χ0n) is 11.1. The van der Waals surface area contributed by atoms with Crippen LogP contribution in [0.4, 0.5) is 5.69 Å². The van der Waals surface area contributed by atoms with Gasteiger partial charge < -0.3 is 13.9 Å². The van der Waals surface area contributed by atoms with Crippen molar-refractivity contribution in [3.05, 3.63) is 29.8 Å². The van der Waals surface area contributed by atoms with Crippen LogP contribution in [-0.4, -0.2) is 27.3 Å². The lowest BCUT2D eigenvalue weighted by Gasteiger charge is -2.17. The fourth-order valence-corrected chi connectivity index (χ4v) is 2.81. The Labute approximate surface area is 106 Å². The molecule has 0 unspecified atom stereocenters. The van der Waals surface area contributed by atoms with Crippen LogP contribution in [0.2, 0.25) is 0 Å². The quantitative estimate of drug-likeness (QED) is 0.694. The molecule has 0 saturated heterocycles. The van der Waals surface area contributed by atoms with Crippen LogP contribution in [0.1, 0.15) is 19.4 Å². The highest BCUT2D eigenvalue weighted by Gasteiger charge is 2.10. The van der Waals surface area contributed by atoms with Crippen molar-refractivity contribution in [1.82, 2.24) is 0 Å². The second-order valence-electron chi connectivity index (χ2n) is 3.89. The molecule has 0 N–H and O–H groups in total. The largest absolute Gasteiger partial charge is 0.378 e. The molecule has 96 valence electrons. The third kappa shape index (κ3) is 5.03. The molecular weight excluding hydrogens is 233 g/mol. The van der Waals surface area contributed by atoms with Gasteiger partial charge in [-0.15, -0.1) is 0 Å². The summed E-state index contributed by atoms with van der Waals surface area (Å²) in [7, 11) is 3.31. The lowest BCUT2D eigenvalue weighted by atomic mass is 10.2. The zero-order valence-corrected chi connectivity index (χ0v) is 12.0. The van der Waals surface area contributed by atoms with Crippen molar-refractivity contribution < 1.29 is 9.05 Å². The summed E-state index contributed by atoms with van der Waals surface area (Å²) in [4.78, 5) is 2.09. The molecule has 0 aliphatic heterocycles. The Morgan fingerprint density at radius 2 is 1.53 bits per heavy atom. The summed E-state index contributed by atoms with van der Waals surface area (Å²) < 4.78 is 11.2. The van der Waals surface area contributed by atoms with E-state index in [4.69, 9.17) is 9.05 Å². The number of hydrogen-bond acceptors (Lipinski definition) is 3. The molecule has 0 bridgehead atoms. The van der Waals surface area contributed by atoms with Gasteiger partial charge in [-0.3, -0.25) is 0 Å². The second-order valence-corrected chi connectivity index (χ2v) is 5.39. The minimum atomic E-state index is -0.776. The lowest BCUT2D eigenvalue weighted by molar-refractivity contribution is 0.268. The summed E-state index contributed by atoms with van der Waals surface area (Å²) in [6.45, 7) is 5.43. The summed E-state index contributed by atoms with van der Waals surface area (Å²) in [5.41, 5.74) is 2.48. The minimum Gasteiger partial charge on any atom is -0.378 e. The van der Waals surface area contributed by atoms with Crippen LogP contribution in [0.25, 0.3) is 0 Å². The van der Waals surface area contributed by atoms with E-state index in [1.807, 2.05) is 27.9 Å². The van der Waals surface area contributed by atoms with Gasteiger partial charge in [0.05, 0.1) is 13.2 Å². The maximum absolute atomic E-state index is 5.60. The van der Waals surface area contributed by atoms with Crippen LogP contribution in [0.5, 0.6) is 0 Å². The fraction of sp³-hybridized carbons (Fsp3) is 0.538. The molecule has 0 heterocycles. The third-order valence-corrected chi connectivity index (χ3v) is 4.03. The first-order valence-electron chi connectivity index (χ1n) is 5.97. The predicted molar refractivity (Wildman–Crippen MR) is 74.6 cm³/mol. The maximum Gasteiger partial charge on any atom is 0.175 e. The summed E-state index contributed by atoms with van der Waals surface area (Å²) in [6.07, 6.45) is 0.866. The van der Waals surface area contributed by atoms with Crippen LogP contribution < -0.4 is 4.90 Å². The topological polar surface area (TPSA) is 21.7 Å². The van der Waals surface area contributed by atoms with Gasteiger partial charge in [0.15, 0.2) is 8.38 Å². The van der Waals surface area contributed by atoms with E-state index >= 15 is 0 Å². The predicted octanol–water partition coefficient (Wildman–Crippen LogP) is 3.64. The maximum atomic E-state index is 5.60. The molecule has 0 radical (unpaired) electrons. The van der Waals surface area contributed by atoms with Crippen LogP contribution in [0.15, 0.2) is 24.3 Å². The van der Waals surface area contributed by atoms with Gasteiger partial charge >= 0.3 is 0 Å². The molecule has 0 saturated carbocycles. The van der Waals surface area contributed by atoms with Gasteiger partial charge in [0, 0.05) is 25.9 Å². The monoisotopic (exact) mass is 255 g/mol. The third-order valence-electron chi connectivity index (χ3n) is 2.31. The van der Waals surface area contributed by atoms with E-state index in [1.54, 1.807) is 0 Å². The highest BCUT2D eigenvalue weighted by molar-refractivity contribution is 7.46. The summed E-state index contributed by atoms with van der Waals surface area (Å²) in [5, 5.41) is 0. The minimum absolute atomic E-state index is 0.710. The number of nitrogens with zero attached hydrogens (tertiary/aromatic N) is 1. The first kappa shape index (κ1) is 14.4. The van der Waals surface area contributed by atoms with Gasteiger partial charge in [-0.2, -0.15) is 0 Å². The normalized spacial score (nSPS) is 10.9. The number of anilines is 1. The highest BCUT2D eigenvalue weighted by atomic mass is 31.2. The Hall–Kier alpha value is -0.630. The average molecular weight is 255 g/mol. The Kier molecular flexibility index (Phi) is 6.49. The molecular formula is C13H22NO2P. The molecule has 3 nitrogen and oxygen atoms in total. The molecule has 0 fully saturated rings. The smallest absolute Gasteiger partial charge is 0.175 e. The molecule has 0 amide bonds. The van der Waals surface area contributed by atoms with Gasteiger partial charge in [0.25, 0.3) is 0 Å².